The van der Waals surface area contributed by atoms with Gasteiger partial charge in [0.25, 0.3) is 5.91 Å². The highest BCUT2D eigenvalue weighted by molar-refractivity contribution is 7.91. The van der Waals surface area contributed by atoms with Gasteiger partial charge in [-0.15, -0.1) is 0 Å². The number of halogens is 3. The molecule has 4 aliphatic rings. The number of allylic oxidation sites excluding steroid dienone is 1. The lowest BCUT2D eigenvalue weighted by molar-refractivity contribution is -0.222. The van der Waals surface area contributed by atoms with Crippen molar-refractivity contribution in [2.45, 2.75) is 140 Å². The van der Waals surface area contributed by atoms with Gasteiger partial charge in [0.1, 0.15) is 35.0 Å². The minimum atomic E-state index is -5.11. The van der Waals surface area contributed by atoms with Crippen LogP contribution in [0.4, 0.5) is 18.0 Å². The molecule has 2 aliphatic heterocycles. The molecule has 0 radical (unpaired) electrons. The van der Waals surface area contributed by atoms with Gasteiger partial charge in [-0.2, -0.15) is 18.2 Å². The molecule has 1 saturated heterocycles. The van der Waals surface area contributed by atoms with E-state index >= 15 is 4.79 Å². The van der Waals surface area contributed by atoms with Crippen LogP contribution in [0.1, 0.15) is 93.4 Å². The Morgan fingerprint density at radius 1 is 1.11 bits per heavy atom. The molecule has 2 aromatic rings. The van der Waals surface area contributed by atoms with Gasteiger partial charge in [-0.05, 0) is 109 Å². The summed E-state index contributed by atoms with van der Waals surface area (Å²) in [7, 11) is -2.63. The maximum absolute atomic E-state index is 15.1. The van der Waals surface area contributed by atoms with Crippen LogP contribution >= 0.6 is 0 Å². The minimum absolute atomic E-state index is 0.0394. The first-order valence-corrected chi connectivity index (χ1v) is 22.1. The fraction of sp³-hybridized carbons (Fsp3) is 0.643. The lowest BCUT2D eigenvalue weighted by Gasteiger charge is -2.45. The van der Waals surface area contributed by atoms with Crippen LogP contribution in [0.5, 0.6) is 17.5 Å². The first-order valence-electron chi connectivity index (χ1n) is 20.6. The molecule has 15 nitrogen and oxygen atoms in total. The Labute approximate surface area is 353 Å². The average Bonchev–Trinajstić information content (AvgIpc) is 4.03. The van der Waals surface area contributed by atoms with Gasteiger partial charge in [0.2, 0.25) is 33.6 Å². The molecule has 0 spiro atoms. The molecule has 0 bridgehead atoms. The van der Waals surface area contributed by atoms with Crippen molar-refractivity contribution >= 4 is 44.6 Å². The molecule has 2 aliphatic carbocycles. The number of carbonyl (C=O) groups excluding carboxylic acids is 3. The SMILES string of the molecule is COc1ccc2c(O[C@@H]3C[C@H]4C(=O)N[C@]5(C(=O)NS(=O)(=O)C6(C)CC6)C[C@H]5C=CCC[C@@H](C)C[C@@H](C)[C@H](N(C(=O)O)C(C)(C)C(F)(F)F)C(=O)N4C3)nc(OC(C)C)cc2c1. The van der Waals surface area contributed by atoms with Crippen molar-refractivity contribution in [3.8, 4) is 17.5 Å². The van der Waals surface area contributed by atoms with E-state index in [0.717, 1.165) is 4.90 Å². The van der Waals surface area contributed by atoms with Gasteiger partial charge in [0, 0.05) is 23.8 Å². The number of pyridine rings is 1. The molecule has 1 aromatic carbocycles. The molecule has 7 atom stereocenters. The predicted molar refractivity (Wildman–Crippen MR) is 217 cm³/mol. The zero-order valence-electron chi connectivity index (χ0n) is 35.7. The number of fused-ring (bicyclic) bond motifs is 3. The summed E-state index contributed by atoms with van der Waals surface area (Å²) in [5.41, 5.74) is -4.79. The van der Waals surface area contributed by atoms with Crippen molar-refractivity contribution in [1.82, 2.24) is 24.8 Å². The number of methoxy groups -OCH3 is 1. The average molecular weight is 880 g/mol. The fourth-order valence-corrected chi connectivity index (χ4v) is 9.75. The van der Waals surface area contributed by atoms with E-state index in [0.29, 0.717) is 56.1 Å². The Balaban J connectivity index is 1.44. The topological polar surface area (TPSA) is 194 Å². The summed E-state index contributed by atoms with van der Waals surface area (Å²) in [4.78, 5) is 62.5. The van der Waals surface area contributed by atoms with Crippen LogP contribution in [0.25, 0.3) is 10.8 Å². The smallest absolute Gasteiger partial charge is 0.411 e. The Kier molecular flexibility index (Phi) is 12.3. The van der Waals surface area contributed by atoms with Gasteiger partial charge in [0.15, 0.2) is 0 Å². The molecule has 4 amide bonds. The van der Waals surface area contributed by atoms with Gasteiger partial charge in [-0.1, -0.05) is 26.0 Å². The lowest BCUT2D eigenvalue weighted by Crippen LogP contribution is -2.66. The number of amides is 4. The van der Waals surface area contributed by atoms with E-state index in [2.05, 4.69) is 15.0 Å². The molecule has 0 unspecified atom stereocenters. The second kappa shape index (κ2) is 16.5. The van der Waals surface area contributed by atoms with Gasteiger partial charge in [-0.3, -0.25) is 24.0 Å². The zero-order valence-corrected chi connectivity index (χ0v) is 36.5. The maximum atomic E-state index is 15.1. The van der Waals surface area contributed by atoms with Gasteiger partial charge in [0.05, 0.1) is 24.5 Å². The molecule has 3 heterocycles. The van der Waals surface area contributed by atoms with E-state index in [9.17, 15) is 41.1 Å². The molecule has 19 heteroatoms. The molecular formula is C42H56F3N5O10S. The van der Waals surface area contributed by atoms with Crippen LogP contribution in [0.3, 0.4) is 0 Å². The van der Waals surface area contributed by atoms with Crippen molar-refractivity contribution in [3.63, 3.8) is 0 Å². The number of nitrogens with one attached hydrogen (secondary N) is 2. The van der Waals surface area contributed by atoms with Crippen molar-refractivity contribution in [2.75, 3.05) is 13.7 Å². The van der Waals surface area contributed by atoms with E-state index < -0.39 is 85.9 Å². The summed E-state index contributed by atoms with van der Waals surface area (Å²) in [6.45, 7) is 9.48. The third kappa shape index (κ3) is 9.07. The summed E-state index contributed by atoms with van der Waals surface area (Å²) in [5.74, 6) is -3.92. The van der Waals surface area contributed by atoms with Crippen molar-refractivity contribution in [1.29, 1.82) is 0 Å². The first-order chi connectivity index (χ1) is 28.3. The van der Waals surface area contributed by atoms with E-state index in [4.69, 9.17) is 14.2 Å². The van der Waals surface area contributed by atoms with E-state index in [1.165, 1.54) is 21.0 Å². The van der Waals surface area contributed by atoms with Crippen LogP contribution in [0, 0.1) is 17.8 Å². The highest BCUT2D eigenvalue weighted by Gasteiger charge is 2.64. The van der Waals surface area contributed by atoms with Crippen LogP contribution in [-0.4, -0.2) is 112 Å². The monoisotopic (exact) mass is 879 g/mol. The summed E-state index contributed by atoms with van der Waals surface area (Å²) >= 11 is 0. The number of ether oxygens (including phenoxy) is 3. The molecule has 3 N–H and O–H groups in total. The first kappa shape index (κ1) is 45.7. The Morgan fingerprint density at radius 2 is 1.80 bits per heavy atom. The molecule has 3 fully saturated rings. The van der Waals surface area contributed by atoms with Crippen LogP contribution < -0.4 is 24.2 Å². The second-order valence-electron chi connectivity index (χ2n) is 18.1. The molecule has 1 aromatic heterocycles. The largest absolute Gasteiger partial charge is 0.497 e. The van der Waals surface area contributed by atoms with Crippen molar-refractivity contribution in [2.24, 2.45) is 17.8 Å². The van der Waals surface area contributed by atoms with Crippen LogP contribution in [-0.2, 0) is 24.4 Å². The standard InChI is InChI=1S/C42H56F3N5O10S/c1-23(2)59-32-19-26-18-28(58-8)13-14-30(26)35(46-32)60-29-20-31-34(51)47-41(37(53)48-61(56,57)40(7)15-16-40)21-27(41)12-10-9-11-24(3)17-25(4)33(36(52)49(31)22-29)50(38(54)55)39(5,6)42(43,44)45/h10,12-14,18-19,23-25,27,29,31,33H,9,11,15-17,20-22H2,1-8H3,(H,47,51)(H,48,53)(H,54,55)/t24-,25-,27-,29-,31+,33+,41-/m1/s1. The number of alkyl halides is 3. The van der Waals surface area contributed by atoms with E-state index in [1.807, 2.05) is 6.92 Å². The van der Waals surface area contributed by atoms with Crippen LogP contribution in [0.2, 0.25) is 0 Å². The summed E-state index contributed by atoms with van der Waals surface area (Å²) < 4.78 is 89.6. The van der Waals surface area contributed by atoms with Gasteiger partial charge >= 0.3 is 12.3 Å². The number of rotatable bonds is 10. The summed E-state index contributed by atoms with van der Waals surface area (Å²) in [6.07, 6.45) is -3.29. The van der Waals surface area contributed by atoms with Gasteiger partial charge < -0.3 is 29.5 Å². The molecule has 336 valence electrons. The van der Waals surface area contributed by atoms with Gasteiger partial charge in [-0.25, -0.2) is 13.2 Å². The Bertz CT molecular complexity index is 2200. The number of benzene rings is 1. The third-order valence-corrected chi connectivity index (χ3v) is 14.8. The molecule has 2 saturated carbocycles. The van der Waals surface area contributed by atoms with Crippen LogP contribution in [0.15, 0.2) is 36.4 Å². The maximum Gasteiger partial charge on any atom is 0.411 e. The summed E-state index contributed by atoms with van der Waals surface area (Å²) in [6, 6.07) is 3.37. The second-order valence-corrected chi connectivity index (χ2v) is 20.3. The highest BCUT2D eigenvalue weighted by atomic mass is 32.2. The number of sulfonamides is 1. The number of aromatic nitrogens is 1. The number of carbonyl (C=O) groups is 4. The normalized spacial score (nSPS) is 28.2. The van der Waals surface area contributed by atoms with Crippen molar-refractivity contribution < 1.29 is 60.1 Å². The highest BCUT2D eigenvalue weighted by Crippen LogP contribution is 2.48. The quantitative estimate of drug-likeness (QED) is 0.239. The Morgan fingerprint density at radius 3 is 2.41 bits per heavy atom. The number of nitrogens with zero attached hydrogens (tertiary/aromatic N) is 3. The number of hydrogen-bond donors (Lipinski definition) is 3. The predicted octanol–water partition coefficient (Wildman–Crippen LogP) is 5.95. The lowest BCUT2D eigenvalue weighted by atomic mass is 9.85. The molecular weight excluding hydrogens is 824 g/mol. The number of carboxylic acid groups (broad SMARTS) is 1. The third-order valence-electron chi connectivity index (χ3n) is 12.6. The van der Waals surface area contributed by atoms with E-state index in [-0.39, 0.29) is 54.5 Å². The molecule has 61 heavy (non-hydrogen) atoms. The minimum Gasteiger partial charge on any atom is -0.497 e. The fourth-order valence-electron chi connectivity index (χ4n) is 8.44. The Hall–Kier alpha value is -4.81. The van der Waals surface area contributed by atoms with E-state index in [1.54, 1.807) is 50.3 Å². The number of hydrogen-bond acceptors (Lipinski definition) is 10. The zero-order chi connectivity index (χ0) is 45.0. The molecule has 6 rings (SSSR count). The summed E-state index contributed by atoms with van der Waals surface area (Å²) in [5, 5.41) is 14.4. The van der Waals surface area contributed by atoms with Crippen molar-refractivity contribution in [3.05, 3.63) is 36.4 Å².